The van der Waals surface area contributed by atoms with Gasteiger partial charge in [-0.1, -0.05) is 23.7 Å². The molecule has 0 aliphatic carbocycles. The summed E-state index contributed by atoms with van der Waals surface area (Å²) in [5.41, 5.74) is 1.28. The zero-order valence-corrected chi connectivity index (χ0v) is 11.4. The fourth-order valence-electron chi connectivity index (χ4n) is 1.78. The van der Waals surface area contributed by atoms with E-state index in [9.17, 15) is 0 Å². The number of aryl methyl sites for hydroxylation is 1. The third-order valence-corrected chi connectivity index (χ3v) is 3.12. The number of aromatic nitrogens is 3. The van der Waals surface area contributed by atoms with Crippen LogP contribution in [0.1, 0.15) is 18.3 Å². The Morgan fingerprint density at radius 2 is 2.06 bits per heavy atom. The van der Waals surface area contributed by atoms with Crippen molar-refractivity contribution in [2.24, 2.45) is 7.05 Å². The summed E-state index contributed by atoms with van der Waals surface area (Å²) in [6.45, 7) is 2.89. The van der Waals surface area contributed by atoms with Gasteiger partial charge in [0.25, 0.3) is 0 Å². The van der Waals surface area contributed by atoms with E-state index in [1.165, 1.54) is 5.56 Å². The molecule has 1 aromatic heterocycles. The zero-order valence-electron chi connectivity index (χ0n) is 10.6. The number of nitrogens with zero attached hydrogens (tertiary/aromatic N) is 3. The van der Waals surface area contributed by atoms with Crippen LogP contribution >= 0.6 is 11.6 Å². The van der Waals surface area contributed by atoms with Gasteiger partial charge >= 0.3 is 0 Å². The maximum atomic E-state index is 5.86. The van der Waals surface area contributed by atoms with Gasteiger partial charge in [-0.3, -0.25) is 0 Å². The number of rotatable bonds is 5. The van der Waals surface area contributed by atoms with Gasteiger partial charge < -0.3 is 9.88 Å². The van der Waals surface area contributed by atoms with Crippen LogP contribution in [0.15, 0.2) is 30.6 Å². The van der Waals surface area contributed by atoms with E-state index in [0.717, 1.165) is 23.8 Å². The molecule has 0 bridgehead atoms. The molecule has 0 amide bonds. The first-order valence-corrected chi connectivity index (χ1v) is 6.33. The average Bonchev–Trinajstić information content (AvgIpc) is 2.75. The molecule has 0 fully saturated rings. The summed E-state index contributed by atoms with van der Waals surface area (Å²) >= 11 is 5.86. The second kappa shape index (κ2) is 5.98. The summed E-state index contributed by atoms with van der Waals surface area (Å²) in [6.07, 6.45) is 2.68. The van der Waals surface area contributed by atoms with Crippen LogP contribution < -0.4 is 5.32 Å². The molecule has 0 aliphatic heterocycles. The minimum atomic E-state index is 0.378. The van der Waals surface area contributed by atoms with Gasteiger partial charge in [0, 0.05) is 18.1 Å². The molecule has 0 saturated heterocycles. The molecular weight excluding hydrogens is 248 g/mol. The Morgan fingerprint density at radius 3 is 2.67 bits per heavy atom. The predicted molar refractivity (Wildman–Crippen MR) is 72.5 cm³/mol. The third-order valence-electron chi connectivity index (χ3n) is 2.87. The minimum absolute atomic E-state index is 0.378. The second-order valence-electron chi connectivity index (χ2n) is 4.47. The smallest absolute Gasteiger partial charge is 0.146 e. The Labute approximate surface area is 112 Å². The van der Waals surface area contributed by atoms with Gasteiger partial charge in [-0.2, -0.15) is 0 Å². The van der Waals surface area contributed by atoms with Crippen molar-refractivity contribution in [3.63, 3.8) is 0 Å². The van der Waals surface area contributed by atoms with Crippen LogP contribution in [0.25, 0.3) is 0 Å². The van der Waals surface area contributed by atoms with Crippen molar-refractivity contribution in [1.82, 2.24) is 20.1 Å². The molecule has 0 spiro atoms. The molecule has 0 radical (unpaired) electrons. The van der Waals surface area contributed by atoms with Crippen molar-refractivity contribution in [3.05, 3.63) is 47.0 Å². The summed E-state index contributed by atoms with van der Waals surface area (Å²) in [5.74, 6) is 0.943. The molecule has 1 heterocycles. The third kappa shape index (κ3) is 3.55. The molecule has 2 aromatic rings. The summed E-state index contributed by atoms with van der Waals surface area (Å²) in [4.78, 5) is 0. The van der Waals surface area contributed by atoms with Crippen molar-refractivity contribution in [2.75, 3.05) is 0 Å². The van der Waals surface area contributed by atoms with Crippen LogP contribution in [0.4, 0.5) is 0 Å². The predicted octanol–water partition coefficient (Wildman–Crippen LogP) is 2.19. The minimum Gasteiger partial charge on any atom is -0.320 e. The molecule has 4 nitrogen and oxygen atoms in total. The van der Waals surface area contributed by atoms with Crippen LogP contribution in [0.5, 0.6) is 0 Å². The van der Waals surface area contributed by atoms with E-state index in [4.69, 9.17) is 11.6 Å². The Morgan fingerprint density at radius 1 is 1.33 bits per heavy atom. The molecule has 1 unspecified atom stereocenters. The van der Waals surface area contributed by atoms with Crippen LogP contribution in [0.2, 0.25) is 5.02 Å². The Hall–Kier alpha value is -1.39. The molecule has 18 heavy (non-hydrogen) atoms. The molecule has 1 N–H and O–H groups in total. The first-order chi connectivity index (χ1) is 8.65. The van der Waals surface area contributed by atoms with Crippen molar-refractivity contribution < 1.29 is 0 Å². The van der Waals surface area contributed by atoms with Gasteiger partial charge in [0.05, 0.1) is 6.54 Å². The molecule has 96 valence electrons. The van der Waals surface area contributed by atoms with Gasteiger partial charge in [0.2, 0.25) is 0 Å². The zero-order chi connectivity index (χ0) is 13.0. The first-order valence-electron chi connectivity index (χ1n) is 5.96. The molecule has 2 rings (SSSR count). The van der Waals surface area contributed by atoms with E-state index < -0.39 is 0 Å². The largest absolute Gasteiger partial charge is 0.320 e. The summed E-state index contributed by atoms with van der Waals surface area (Å²) in [6, 6.07) is 8.34. The van der Waals surface area contributed by atoms with Crippen LogP contribution in [0.3, 0.4) is 0 Å². The highest BCUT2D eigenvalue weighted by Gasteiger charge is 2.05. The maximum absolute atomic E-state index is 5.86. The highest BCUT2D eigenvalue weighted by atomic mass is 35.5. The molecule has 0 aliphatic rings. The van der Waals surface area contributed by atoms with Crippen molar-refractivity contribution in [2.45, 2.75) is 25.9 Å². The normalized spacial score (nSPS) is 12.6. The SMILES string of the molecule is CC(Cc1ccc(Cl)cc1)NCc1nncn1C. The summed E-state index contributed by atoms with van der Waals surface area (Å²) in [5, 5.41) is 12.1. The monoisotopic (exact) mass is 264 g/mol. The lowest BCUT2D eigenvalue weighted by molar-refractivity contribution is 0.525. The average molecular weight is 265 g/mol. The van der Waals surface area contributed by atoms with Crippen LogP contribution in [0, 0.1) is 0 Å². The molecule has 1 atom stereocenters. The fourth-order valence-corrected chi connectivity index (χ4v) is 1.90. The second-order valence-corrected chi connectivity index (χ2v) is 4.91. The maximum Gasteiger partial charge on any atom is 0.146 e. The number of hydrogen-bond donors (Lipinski definition) is 1. The number of nitrogens with one attached hydrogen (secondary N) is 1. The number of hydrogen-bond acceptors (Lipinski definition) is 3. The van der Waals surface area contributed by atoms with Crippen molar-refractivity contribution in [3.8, 4) is 0 Å². The Balaban J connectivity index is 1.83. The van der Waals surface area contributed by atoms with Crippen LogP contribution in [-0.2, 0) is 20.0 Å². The lowest BCUT2D eigenvalue weighted by Crippen LogP contribution is -2.28. The van der Waals surface area contributed by atoms with Crippen molar-refractivity contribution in [1.29, 1.82) is 0 Å². The first kappa shape index (κ1) is 13.1. The summed E-state index contributed by atoms with van der Waals surface area (Å²) < 4.78 is 1.92. The lowest BCUT2D eigenvalue weighted by atomic mass is 10.1. The van der Waals surface area contributed by atoms with Crippen LogP contribution in [-0.4, -0.2) is 20.8 Å². The molecular formula is C13H17ClN4. The van der Waals surface area contributed by atoms with E-state index in [-0.39, 0.29) is 0 Å². The van der Waals surface area contributed by atoms with Gasteiger partial charge in [-0.15, -0.1) is 10.2 Å². The molecule has 5 heteroatoms. The highest BCUT2D eigenvalue weighted by molar-refractivity contribution is 6.30. The standard InChI is InChI=1S/C13H17ClN4/c1-10(7-11-3-5-12(14)6-4-11)15-8-13-17-16-9-18(13)2/h3-6,9-10,15H,7-8H2,1-2H3. The Kier molecular flexibility index (Phi) is 4.33. The van der Waals surface area contributed by atoms with Gasteiger partial charge in [0.15, 0.2) is 0 Å². The van der Waals surface area contributed by atoms with E-state index in [2.05, 4.69) is 34.6 Å². The van der Waals surface area contributed by atoms with Gasteiger partial charge in [0.1, 0.15) is 12.2 Å². The summed E-state index contributed by atoms with van der Waals surface area (Å²) in [7, 11) is 1.95. The van der Waals surface area contributed by atoms with E-state index in [0.29, 0.717) is 6.04 Å². The number of benzene rings is 1. The molecule has 0 saturated carbocycles. The van der Waals surface area contributed by atoms with Gasteiger partial charge in [-0.25, -0.2) is 0 Å². The van der Waals surface area contributed by atoms with E-state index >= 15 is 0 Å². The van der Waals surface area contributed by atoms with E-state index in [1.54, 1.807) is 6.33 Å². The quantitative estimate of drug-likeness (QED) is 0.900. The Bertz CT molecular complexity index is 492. The lowest BCUT2D eigenvalue weighted by Gasteiger charge is -2.13. The highest BCUT2D eigenvalue weighted by Crippen LogP contribution is 2.11. The number of halogens is 1. The van der Waals surface area contributed by atoms with Crippen molar-refractivity contribution >= 4 is 11.6 Å². The molecule has 1 aromatic carbocycles. The van der Waals surface area contributed by atoms with E-state index in [1.807, 2.05) is 23.7 Å². The van der Waals surface area contributed by atoms with Gasteiger partial charge in [-0.05, 0) is 31.0 Å². The fraction of sp³-hybridized carbons (Fsp3) is 0.385. The topological polar surface area (TPSA) is 42.7 Å².